The highest BCUT2D eigenvalue weighted by atomic mass is 32.2. The van der Waals surface area contributed by atoms with E-state index >= 15 is 0 Å². The van der Waals surface area contributed by atoms with Gasteiger partial charge in [-0.25, -0.2) is 19.4 Å². The van der Waals surface area contributed by atoms with Crippen LogP contribution in [-0.2, 0) is 13.6 Å². The van der Waals surface area contributed by atoms with Crippen LogP contribution >= 0.6 is 11.8 Å². The van der Waals surface area contributed by atoms with Crippen LogP contribution in [0.5, 0.6) is 0 Å². The molecule has 0 atom stereocenters. The van der Waals surface area contributed by atoms with Crippen molar-refractivity contribution in [2.45, 2.75) is 16.6 Å². The molecule has 4 heterocycles. The Kier molecular flexibility index (Phi) is 5.24. The number of aliphatic imine (C=N–C) groups is 1. The first-order valence-electron chi connectivity index (χ1n) is 9.81. The highest BCUT2D eigenvalue weighted by Gasteiger charge is 2.24. The molecule has 0 fully saturated rings. The summed E-state index contributed by atoms with van der Waals surface area (Å²) in [5, 5.41) is 4.24. The van der Waals surface area contributed by atoms with Gasteiger partial charge >= 0.3 is 0 Å². The first-order valence-corrected chi connectivity index (χ1v) is 10.6. The normalized spacial score (nSPS) is 12.4. The third kappa shape index (κ3) is 3.90. The molecule has 3 aromatic heterocycles. The van der Waals surface area contributed by atoms with Gasteiger partial charge in [-0.1, -0.05) is 6.07 Å². The lowest BCUT2D eigenvalue weighted by Crippen LogP contribution is -2.23. The third-order valence-corrected chi connectivity index (χ3v) is 5.92. The van der Waals surface area contributed by atoms with Gasteiger partial charge in [-0.05, 0) is 54.2 Å². The lowest BCUT2D eigenvalue weighted by atomic mass is 10.1. The fourth-order valence-electron chi connectivity index (χ4n) is 3.32. The maximum absolute atomic E-state index is 13.5. The van der Waals surface area contributed by atoms with Gasteiger partial charge in [0.05, 0.1) is 35.5 Å². The Morgan fingerprint density at radius 3 is 2.72 bits per heavy atom. The molecule has 4 aromatic rings. The maximum Gasteiger partial charge on any atom is 0.253 e. The summed E-state index contributed by atoms with van der Waals surface area (Å²) in [5.74, 6) is -0.592. The van der Waals surface area contributed by atoms with Crippen molar-refractivity contribution in [3.8, 4) is 0 Å². The van der Waals surface area contributed by atoms with Gasteiger partial charge in [0.15, 0.2) is 0 Å². The average molecular weight is 444 g/mol. The van der Waals surface area contributed by atoms with Crippen LogP contribution in [0.1, 0.15) is 27.3 Å². The summed E-state index contributed by atoms with van der Waals surface area (Å²) in [6, 6.07) is 13.4. The second-order valence-corrected chi connectivity index (χ2v) is 8.11. The number of carbonyl (C=O) groups excluding carboxylic acids is 1. The SMILES string of the molecule is Cn1cnc2c1C(c1ccc(F)cc1)=Nc1cc(C(=O)NCc3ccccn3)cnc1S2. The molecule has 7 nitrogen and oxygen atoms in total. The van der Waals surface area contributed by atoms with Gasteiger partial charge in [-0.15, -0.1) is 0 Å². The van der Waals surface area contributed by atoms with Crippen molar-refractivity contribution in [3.63, 3.8) is 0 Å². The predicted molar refractivity (Wildman–Crippen MR) is 119 cm³/mol. The van der Waals surface area contributed by atoms with Gasteiger partial charge in [0, 0.05) is 25.0 Å². The average Bonchev–Trinajstić information content (AvgIpc) is 3.08. The highest BCUT2D eigenvalue weighted by Crippen LogP contribution is 2.39. The number of imidazole rings is 1. The van der Waals surface area contributed by atoms with Crippen molar-refractivity contribution in [2.75, 3.05) is 0 Å². The minimum Gasteiger partial charge on any atom is -0.346 e. The molecular weight excluding hydrogens is 427 g/mol. The first-order chi connectivity index (χ1) is 15.6. The van der Waals surface area contributed by atoms with Gasteiger partial charge in [0.25, 0.3) is 5.91 Å². The maximum atomic E-state index is 13.5. The molecular formula is C23H17FN6OS. The highest BCUT2D eigenvalue weighted by molar-refractivity contribution is 7.99. The van der Waals surface area contributed by atoms with Gasteiger partial charge in [-0.3, -0.25) is 9.78 Å². The Bertz CT molecular complexity index is 1330. The van der Waals surface area contributed by atoms with Crippen LogP contribution in [0, 0.1) is 5.82 Å². The molecule has 1 aromatic carbocycles. The molecule has 0 spiro atoms. The smallest absolute Gasteiger partial charge is 0.253 e. The monoisotopic (exact) mass is 444 g/mol. The fourth-order valence-corrected chi connectivity index (χ4v) is 4.26. The van der Waals surface area contributed by atoms with E-state index in [1.54, 1.807) is 30.7 Å². The van der Waals surface area contributed by atoms with E-state index in [4.69, 9.17) is 4.99 Å². The lowest BCUT2D eigenvalue weighted by Gasteiger charge is -2.08. The van der Waals surface area contributed by atoms with Crippen LogP contribution in [-0.4, -0.2) is 31.1 Å². The Morgan fingerprint density at radius 1 is 1.09 bits per heavy atom. The molecule has 32 heavy (non-hydrogen) atoms. The molecule has 1 aliphatic rings. The number of nitrogens with zero attached hydrogens (tertiary/aromatic N) is 5. The van der Waals surface area contributed by atoms with Crippen LogP contribution in [0.15, 0.2) is 82.3 Å². The number of hydrogen-bond acceptors (Lipinski definition) is 6. The molecule has 9 heteroatoms. The molecule has 0 aliphatic carbocycles. The van der Waals surface area contributed by atoms with Gasteiger partial charge in [0.1, 0.15) is 21.6 Å². The van der Waals surface area contributed by atoms with Crippen LogP contribution in [0.4, 0.5) is 10.1 Å². The molecule has 0 saturated carbocycles. The number of aryl methyl sites for hydroxylation is 1. The Morgan fingerprint density at radius 2 is 1.94 bits per heavy atom. The van der Waals surface area contributed by atoms with Gasteiger partial charge in [0.2, 0.25) is 0 Å². The van der Waals surface area contributed by atoms with E-state index in [0.717, 1.165) is 22.0 Å². The van der Waals surface area contributed by atoms with E-state index in [1.807, 2.05) is 29.8 Å². The molecule has 0 radical (unpaired) electrons. The quantitative estimate of drug-likeness (QED) is 0.454. The van der Waals surface area contributed by atoms with Crippen LogP contribution in [0.2, 0.25) is 0 Å². The zero-order valence-corrected chi connectivity index (χ0v) is 17.8. The lowest BCUT2D eigenvalue weighted by molar-refractivity contribution is 0.0950. The largest absolute Gasteiger partial charge is 0.346 e. The van der Waals surface area contributed by atoms with Crippen molar-refractivity contribution in [2.24, 2.45) is 12.0 Å². The summed E-state index contributed by atoms with van der Waals surface area (Å²) in [4.78, 5) is 30.7. The molecule has 1 amide bonds. The summed E-state index contributed by atoms with van der Waals surface area (Å²) in [5.41, 5.74) is 3.89. The Balaban J connectivity index is 1.52. The standard InChI is InChI=1S/C23H17FN6OS/c1-30-13-28-23-20(30)19(14-5-7-16(24)8-6-14)29-18-10-15(11-27-22(18)32-23)21(31)26-12-17-4-2-3-9-25-17/h2-11,13H,12H2,1H3,(H,26,31). The number of aromatic nitrogens is 4. The Hall–Kier alpha value is -3.85. The van der Waals surface area contributed by atoms with Crippen molar-refractivity contribution in [3.05, 3.63) is 95.6 Å². The second kappa shape index (κ2) is 8.35. The van der Waals surface area contributed by atoms with E-state index in [1.165, 1.54) is 30.1 Å². The molecule has 158 valence electrons. The van der Waals surface area contributed by atoms with E-state index in [2.05, 4.69) is 20.3 Å². The number of benzene rings is 1. The van der Waals surface area contributed by atoms with Crippen LogP contribution in [0.3, 0.4) is 0 Å². The zero-order valence-electron chi connectivity index (χ0n) is 17.0. The fraction of sp³-hybridized carbons (Fsp3) is 0.0870. The summed E-state index contributed by atoms with van der Waals surface area (Å²) >= 11 is 1.38. The van der Waals surface area contributed by atoms with Crippen LogP contribution < -0.4 is 5.32 Å². The van der Waals surface area contributed by atoms with E-state index < -0.39 is 0 Å². The summed E-state index contributed by atoms with van der Waals surface area (Å²) in [6.07, 6.45) is 4.92. The summed E-state index contributed by atoms with van der Waals surface area (Å²) in [6.45, 7) is 0.310. The second-order valence-electron chi connectivity index (χ2n) is 7.13. The number of fused-ring (bicyclic) bond motifs is 2. The number of halogens is 1. The molecule has 5 rings (SSSR count). The van der Waals surface area contributed by atoms with Crippen molar-refractivity contribution in [1.82, 2.24) is 24.8 Å². The van der Waals surface area contributed by atoms with Crippen molar-refractivity contribution >= 4 is 29.1 Å². The van der Waals surface area contributed by atoms with E-state index in [0.29, 0.717) is 28.5 Å². The van der Waals surface area contributed by atoms with Crippen molar-refractivity contribution in [1.29, 1.82) is 0 Å². The Labute approximate surface area is 187 Å². The number of rotatable bonds is 4. The summed E-state index contributed by atoms with van der Waals surface area (Å²) in [7, 11) is 1.88. The van der Waals surface area contributed by atoms with Gasteiger partial charge < -0.3 is 9.88 Å². The molecule has 0 unspecified atom stereocenters. The molecule has 1 N–H and O–H groups in total. The van der Waals surface area contributed by atoms with E-state index in [9.17, 15) is 9.18 Å². The number of pyridine rings is 2. The molecule has 0 saturated heterocycles. The number of carbonyl (C=O) groups is 1. The van der Waals surface area contributed by atoms with E-state index in [-0.39, 0.29) is 11.7 Å². The topological polar surface area (TPSA) is 85.1 Å². The third-order valence-electron chi connectivity index (χ3n) is 4.92. The van der Waals surface area contributed by atoms with Crippen molar-refractivity contribution < 1.29 is 9.18 Å². The van der Waals surface area contributed by atoms with Crippen LogP contribution in [0.25, 0.3) is 0 Å². The number of amides is 1. The number of nitrogens with one attached hydrogen (secondary N) is 1. The number of hydrogen-bond donors (Lipinski definition) is 1. The molecule has 1 aliphatic heterocycles. The van der Waals surface area contributed by atoms with Gasteiger partial charge in [-0.2, -0.15) is 0 Å². The minimum atomic E-state index is -0.323. The molecule has 0 bridgehead atoms. The predicted octanol–water partition coefficient (Wildman–Crippen LogP) is 3.91. The summed E-state index contributed by atoms with van der Waals surface area (Å²) < 4.78 is 15.4. The zero-order chi connectivity index (χ0) is 22.1. The first kappa shape index (κ1) is 20.1. The minimum absolute atomic E-state index is 0.269.